The van der Waals surface area contributed by atoms with E-state index in [-0.39, 0.29) is 17.8 Å². The number of nitrogens with zero attached hydrogens (tertiary/aromatic N) is 1. The molecule has 2 aromatic carbocycles. The molecule has 5 heteroatoms. The highest BCUT2D eigenvalue weighted by atomic mass is 79.9. The van der Waals surface area contributed by atoms with Gasteiger partial charge in [0.25, 0.3) is 0 Å². The van der Waals surface area contributed by atoms with Crippen LogP contribution in [-0.2, 0) is 17.6 Å². The van der Waals surface area contributed by atoms with Crippen molar-refractivity contribution in [3.05, 3.63) is 75.4 Å². The Bertz CT molecular complexity index is 1180. The smallest absolute Gasteiger partial charge is 0.339 e. The zero-order chi connectivity index (χ0) is 22.9. The maximum Gasteiger partial charge on any atom is 0.339 e. The van der Waals surface area contributed by atoms with Crippen molar-refractivity contribution in [3.63, 3.8) is 0 Å². The molecule has 1 unspecified atom stereocenters. The van der Waals surface area contributed by atoms with Crippen LogP contribution < -0.4 is 0 Å². The maximum absolute atomic E-state index is 13.4. The van der Waals surface area contributed by atoms with Crippen LogP contribution in [0.25, 0.3) is 10.9 Å². The van der Waals surface area contributed by atoms with E-state index in [9.17, 15) is 9.59 Å². The summed E-state index contributed by atoms with van der Waals surface area (Å²) >= 11 is 3.39. The Balaban J connectivity index is 1.68. The molecular weight excluding hydrogens is 466 g/mol. The molecule has 0 N–H and O–H groups in total. The molecule has 4 nitrogen and oxygen atoms in total. The van der Waals surface area contributed by atoms with Gasteiger partial charge in [-0.3, -0.25) is 9.78 Å². The number of aromatic nitrogens is 1. The Labute approximate surface area is 197 Å². The van der Waals surface area contributed by atoms with Crippen LogP contribution in [0.1, 0.15) is 65.6 Å². The highest BCUT2D eigenvalue weighted by molar-refractivity contribution is 9.10. The minimum Gasteiger partial charge on any atom is -0.454 e. The van der Waals surface area contributed by atoms with Crippen molar-refractivity contribution in [1.82, 2.24) is 4.98 Å². The van der Waals surface area contributed by atoms with Gasteiger partial charge in [0.1, 0.15) is 0 Å². The average molecular weight is 494 g/mol. The first-order valence-electron chi connectivity index (χ1n) is 11.2. The van der Waals surface area contributed by atoms with Gasteiger partial charge in [-0.05, 0) is 48.3 Å². The van der Waals surface area contributed by atoms with E-state index in [1.165, 1.54) is 0 Å². The van der Waals surface area contributed by atoms with Crippen LogP contribution in [0.4, 0.5) is 0 Å². The number of benzene rings is 2. The second-order valence-corrected chi connectivity index (χ2v) is 10.0. The summed E-state index contributed by atoms with van der Waals surface area (Å²) < 4.78 is 6.28. The molecule has 32 heavy (non-hydrogen) atoms. The van der Waals surface area contributed by atoms with Gasteiger partial charge in [-0.25, -0.2) is 4.79 Å². The fourth-order valence-corrected chi connectivity index (χ4v) is 5.05. The molecular formula is C27H28BrNO3. The van der Waals surface area contributed by atoms with Crippen molar-refractivity contribution >= 4 is 38.6 Å². The third kappa shape index (κ3) is 4.36. The lowest BCUT2D eigenvalue weighted by Crippen LogP contribution is -2.31. The first-order valence-corrected chi connectivity index (χ1v) is 12.0. The molecule has 3 aromatic rings. The molecule has 0 spiro atoms. The Morgan fingerprint density at radius 1 is 1.12 bits per heavy atom. The Hall–Kier alpha value is -2.53. The van der Waals surface area contributed by atoms with Gasteiger partial charge in [0.05, 0.1) is 11.1 Å². The SMILES string of the molecule is CCC(C)(C)C1CCc2nc3ccccc3c(C(=O)OCC(=O)c3ccccc3Br)c2C1. The van der Waals surface area contributed by atoms with Gasteiger partial charge in [0.15, 0.2) is 6.61 Å². The summed E-state index contributed by atoms with van der Waals surface area (Å²) in [6, 6.07) is 14.9. The number of fused-ring (bicyclic) bond motifs is 2. The fraction of sp³-hybridized carbons (Fsp3) is 0.370. The molecule has 0 amide bonds. The normalized spacial score (nSPS) is 15.9. The Morgan fingerprint density at radius 2 is 1.84 bits per heavy atom. The number of ketones is 1. The van der Waals surface area contributed by atoms with Gasteiger partial charge < -0.3 is 4.74 Å². The van der Waals surface area contributed by atoms with Crippen molar-refractivity contribution in [2.24, 2.45) is 11.3 Å². The van der Waals surface area contributed by atoms with E-state index in [0.29, 0.717) is 21.5 Å². The van der Waals surface area contributed by atoms with Gasteiger partial charge >= 0.3 is 5.97 Å². The number of ether oxygens (including phenoxy) is 1. The average Bonchev–Trinajstić information content (AvgIpc) is 2.80. The quantitative estimate of drug-likeness (QED) is 0.287. The zero-order valence-electron chi connectivity index (χ0n) is 18.8. The highest BCUT2D eigenvalue weighted by Gasteiger charge is 2.34. The minimum atomic E-state index is -0.449. The molecule has 0 fully saturated rings. The predicted octanol–water partition coefficient (Wildman–Crippen LogP) is 6.58. The molecule has 0 aliphatic heterocycles. The number of rotatable bonds is 6. The summed E-state index contributed by atoms with van der Waals surface area (Å²) in [4.78, 5) is 30.9. The molecule has 1 aliphatic carbocycles. The van der Waals surface area contributed by atoms with Crippen LogP contribution in [0.3, 0.4) is 0 Å². The van der Waals surface area contributed by atoms with Crippen molar-refractivity contribution in [3.8, 4) is 0 Å². The molecule has 4 rings (SSSR count). The number of hydrogen-bond donors (Lipinski definition) is 0. The summed E-state index contributed by atoms with van der Waals surface area (Å²) in [7, 11) is 0. The monoisotopic (exact) mass is 493 g/mol. The maximum atomic E-state index is 13.4. The number of halogens is 1. The van der Waals surface area contributed by atoms with Crippen LogP contribution in [0.15, 0.2) is 53.0 Å². The van der Waals surface area contributed by atoms with Gasteiger partial charge in [0, 0.05) is 21.1 Å². The number of esters is 1. The molecule has 0 saturated carbocycles. The van der Waals surface area contributed by atoms with Gasteiger partial charge in [-0.1, -0.05) is 79.5 Å². The molecule has 1 atom stereocenters. The third-order valence-electron chi connectivity index (χ3n) is 6.99. The number of carbonyl (C=O) groups excluding carboxylic acids is 2. The number of para-hydroxylation sites is 1. The number of carbonyl (C=O) groups is 2. The van der Waals surface area contributed by atoms with Crippen LogP contribution in [0.2, 0.25) is 0 Å². The topological polar surface area (TPSA) is 56.3 Å². The van der Waals surface area contributed by atoms with E-state index in [1.807, 2.05) is 30.3 Å². The molecule has 166 valence electrons. The summed E-state index contributed by atoms with van der Waals surface area (Å²) in [5.41, 5.74) is 4.02. The lowest BCUT2D eigenvalue weighted by molar-refractivity contribution is 0.0474. The number of Topliss-reactive ketones (excluding diaryl/α,β-unsaturated/α-hetero) is 1. The highest BCUT2D eigenvalue weighted by Crippen LogP contribution is 2.41. The van der Waals surface area contributed by atoms with E-state index in [2.05, 4.69) is 36.7 Å². The predicted molar refractivity (Wildman–Crippen MR) is 130 cm³/mol. The van der Waals surface area contributed by atoms with Gasteiger partial charge in [-0.15, -0.1) is 0 Å². The van der Waals surface area contributed by atoms with Crippen LogP contribution in [-0.4, -0.2) is 23.3 Å². The molecule has 0 radical (unpaired) electrons. The molecule has 1 aliphatic rings. The molecule has 0 saturated heterocycles. The van der Waals surface area contributed by atoms with E-state index in [0.717, 1.165) is 47.8 Å². The summed E-state index contributed by atoms with van der Waals surface area (Å²) in [6.07, 6.45) is 3.80. The molecule has 0 bridgehead atoms. The van der Waals surface area contributed by atoms with E-state index in [4.69, 9.17) is 9.72 Å². The van der Waals surface area contributed by atoms with E-state index < -0.39 is 5.97 Å². The number of hydrogen-bond acceptors (Lipinski definition) is 4. The largest absolute Gasteiger partial charge is 0.454 e. The van der Waals surface area contributed by atoms with Crippen molar-refractivity contribution in [2.45, 2.75) is 46.5 Å². The fourth-order valence-electron chi connectivity index (χ4n) is 4.55. The Morgan fingerprint density at radius 3 is 2.59 bits per heavy atom. The summed E-state index contributed by atoms with van der Waals surface area (Å²) in [5.74, 6) is -0.213. The second kappa shape index (κ2) is 9.14. The standard InChI is InChI=1S/C27H28BrNO3/c1-4-27(2,3)17-13-14-23-20(15-17)25(19-10-6-8-12-22(19)29-23)26(31)32-16-24(30)18-9-5-7-11-21(18)28/h5-12,17H,4,13-16H2,1-3H3. The number of pyridine rings is 1. The molecule has 1 aromatic heterocycles. The summed E-state index contributed by atoms with van der Waals surface area (Å²) in [6.45, 7) is 6.52. The first-order chi connectivity index (χ1) is 15.3. The minimum absolute atomic E-state index is 0.181. The second-order valence-electron chi connectivity index (χ2n) is 9.19. The van der Waals surface area contributed by atoms with Crippen LogP contribution >= 0.6 is 15.9 Å². The first kappa shape index (κ1) is 22.7. The summed E-state index contributed by atoms with van der Waals surface area (Å²) in [5, 5.41) is 0.791. The van der Waals surface area contributed by atoms with Crippen molar-refractivity contribution < 1.29 is 14.3 Å². The van der Waals surface area contributed by atoms with Crippen LogP contribution in [0.5, 0.6) is 0 Å². The van der Waals surface area contributed by atoms with Crippen molar-refractivity contribution in [1.29, 1.82) is 0 Å². The van der Waals surface area contributed by atoms with Crippen LogP contribution in [0, 0.1) is 11.3 Å². The van der Waals surface area contributed by atoms with Gasteiger partial charge in [0.2, 0.25) is 5.78 Å². The zero-order valence-corrected chi connectivity index (χ0v) is 20.4. The molecule has 1 heterocycles. The van der Waals surface area contributed by atoms with Gasteiger partial charge in [-0.2, -0.15) is 0 Å². The van der Waals surface area contributed by atoms with Crippen molar-refractivity contribution in [2.75, 3.05) is 6.61 Å². The number of aryl methyl sites for hydroxylation is 1. The lowest BCUT2D eigenvalue weighted by atomic mass is 9.68. The van der Waals surface area contributed by atoms with E-state index in [1.54, 1.807) is 18.2 Å². The lowest BCUT2D eigenvalue weighted by Gasteiger charge is -2.37. The third-order valence-corrected chi connectivity index (χ3v) is 7.68. The van der Waals surface area contributed by atoms with E-state index >= 15 is 0 Å². The Kier molecular flexibility index (Phi) is 6.47.